The van der Waals surface area contributed by atoms with Crippen LogP contribution in [-0.4, -0.2) is 33.7 Å². The van der Waals surface area contributed by atoms with Gasteiger partial charge in [0.2, 0.25) is 0 Å². The fraction of sp³-hybridized carbons (Fsp3) is 0.500. The predicted molar refractivity (Wildman–Crippen MR) is 110 cm³/mol. The van der Waals surface area contributed by atoms with Crippen LogP contribution in [0.2, 0.25) is 0 Å². The van der Waals surface area contributed by atoms with Crippen LogP contribution in [0.15, 0.2) is 40.7 Å². The topological polar surface area (TPSA) is 77.8 Å². The van der Waals surface area contributed by atoms with Crippen molar-refractivity contribution in [3.8, 4) is 11.5 Å². The Morgan fingerprint density at radius 2 is 1.31 bits per heavy atom. The zero-order valence-corrected chi connectivity index (χ0v) is 17.8. The molecule has 4 rings (SSSR count). The summed E-state index contributed by atoms with van der Waals surface area (Å²) < 4.78 is 0. The molecule has 0 saturated heterocycles. The van der Waals surface area contributed by atoms with Crippen LogP contribution in [0.5, 0.6) is 11.5 Å². The molecule has 154 valence electrons. The Labute approximate surface area is 171 Å². The lowest BCUT2D eigenvalue weighted by molar-refractivity contribution is -0.119. The summed E-state index contributed by atoms with van der Waals surface area (Å²) >= 11 is 0. The Bertz CT molecular complexity index is 942. The number of phenolic OH excluding ortho intramolecular Hbond substituents is 2. The molecule has 0 saturated carbocycles. The Kier molecular flexibility index (Phi) is 4.23. The van der Waals surface area contributed by atoms with E-state index in [1.54, 1.807) is 6.07 Å². The van der Waals surface area contributed by atoms with Crippen LogP contribution in [0.4, 0.5) is 0 Å². The molecule has 2 aliphatic carbocycles. The van der Waals surface area contributed by atoms with E-state index in [9.17, 15) is 19.8 Å². The molecule has 0 aromatic heterocycles. The molecule has 29 heavy (non-hydrogen) atoms. The third-order valence-corrected chi connectivity index (χ3v) is 6.51. The van der Waals surface area contributed by atoms with Crippen molar-refractivity contribution in [2.45, 2.75) is 59.3 Å². The van der Waals surface area contributed by atoms with E-state index in [-0.39, 0.29) is 33.9 Å². The van der Waals surface area contributed by atoms with Crippen LogP contribution in [0.3, 0.4) is 0 Å². The fourth-order valence-corrected chi connectivity index (χ4v) is 5.22. The molecule has 1 aromatic carbocycles. The first-order valence-corrected chi connectivity index (χ1v) is 10.2. The summed E-state index contributed by atoms with van der Waals surface area (Å²) in [6.45, 7) is 8.40. The molecule has 5 heteroatoms. The number of hydrogen-bond donors (Lipinski definition) is 2. The number of hydrogen-bond acceptors (Lipinski definition) is 5. The van der Waals surface area contributed by atoms with E-state index in [0.717, 1.165) is 24.2 Å². The molecule has 0 amide bonds. The molecule has 5 nitrogen and oxygen atoms in total. The molecule has 3 aliphatic rings. The minimum absolute atomic E-state index is 0.0600. The Hall–Kier alpha value is -2.56. The van der Waals surface area contributed by atoms with Crippen LogP contribution in [0.1, 0.15) is 64.9 Å². The van der Waals surface area contributed by atoms with Gasteiger partial charge in [0.1, 0.15) is 0 Å². The maximum atomic E-state index is 13.3. The molecule has 1 aromatic rings. The van der Waals surface area contributed by atoms with Gasteiger partial charge in [-0.05, 0) is 41.4 Å². The first kappa shape index (κ1) is 19.7. The minimum Gasteiger partial charge on any atom is -0.504 e. The van der Waals surface area contributed by atoms with E-state index in [1.165, 1.54) is 12.1 Å². The average molecular weight is 395 g/mol. The molecule has 0 atom stereocenters. The van der Waals surface area contributed by atoms with Gasteiger partial charge in [0.15, 0.2) is 23.1 Å². The number of rotatable bonds is 1. The molecular formula is C24H29NO4. The summed E-state index contributed by atoms with van der Waals surface area (Å²) in [7, 11) is 1.97. The van der Waals surface area contributed by atoms with Gasteiger partial charge in [0, 0.05) is 48.3 Å². The molecule has 1 heterocycles. The second-order valence-electron chi connectivity index (χ2n) is 10.3. The number of nitrogens with zero attached hydrogens (tertiary/aromatic N) is 1. The fourth-order valence-electron chi connectivity index (χ4n) is 5.22. The van der Waals surface area contributed by atoms with Crippen molar-refractivity contribution in [2.24, 2.45) is 10.8 Å². The maximum absolute atomic E-state index is 13.3. The molecule has 0 radical (unpaired) electrons. The third-order valence-electron chi connectivity index (χ3n) is 6.51. The van der Waals surface area contributed by atoms with Gasteiger partial charge in [0.05, 0.1) is 0 Å². The summed E-state index contributed by atoms with van der Waals surface area (Å²) in [5, 5.41) is 19.9. The van der Waals surface area contributed by atoms with Gasteiger partial charge in [-0.1, -0.05) is 33.8 Å². The van der Waals surface area contributed by atoms with E-state index in [1.807, 2.05) is 7.05 Å². The first-order chi connectivity index (χ1) is 13.4. The quantitative estimate of drug-likeness (QED) is 0.689. The molecule has 0 unspecified atom stereocenters. The number of aromatic hydroxyl groups is 2. The number of benzene rings is 1. The van der Waals surface area contributed by atoms with Crippen molar-refractivity contribution in [1.29, 1.82) is 0 Å². The van der Waals surface area contributed by atoms with Crippen LogP contribution in [0.25, 0.3) is 0 Å². The van der Waals surface area contributed by atoms with E-state index in [0.29, 0.717) is 29.6 Å². The van der Waals surface area contributed by atoms with Crippen molar-refractivity contribution in [2.75, 3.05) is 7.05 Å². The van der Waals surface area contributed by atoms with Crippen LogP contribution in [-0.2, 0) is 9.59 Å². The highest BCUT2D eigenvalue weighted by atomic mass is 16.3. The Morgan fingerprint density at radius 3 is 1.76 bits per heavy atom. The number of carbonyl (C=O) groups excluding carboxylic acids is 2. The lowest BCUT2D eigenvalue weighted by Gasteiger charge is -2.47. The predicted octanol–water partition coefficient (Wildman–Crippen LogP) is 4.41. The third kappa shape index (κ3) is 3.17. The van der Waals surface area contributed by atoms with Crippen molar-refractivity contribution in [3.63, 3.8) is 0 Å². The smallest absolute Gasteiger partial charge is 0.162 e. The number of phenols is 2. The number of ketones is 2. The maximum Gasteiger partial charge on any atom is 0.162 e. The van der Waals surface area contributed by atoms with Gasteiger partial charge >= 0.3 is 0 Å². The van der Waals surface area contributed by atoms with Crippen LogP contribution in [0, 0.1) is 10.8 Å². The van der Waals surface area contributed by atoms with Crippen LogP contribution >= 0.6 is 0 Å². The number of Topliss-reactive ketones (excluding diaryl/α,β-unsaturated/α-hetero) is 2. The molecule has 0 bridgehead atoms. The SMILES string of the molecule is CN1C2=C(C(=O)CC(C)(C)C2)C(c2ccc(O)c(O)c2)C2=C1CC(C)(C)CC2=O. The van der Waals surface area contributed by atoms with Gasteiger partial charge in [-0.2, -0.15) is 0 Å². The summed E-state index contributed by atoms with van der Waals surface area (Å²) in [6, 6.07) is 4.62. The van der Waals surface area contributed by atoms with Gasteiger partial charge in [0.25, 0.3) is 0 Å². The first-order valence-electron chi connectivity index (χ1n) is 10.2. The molecule has 2 N–H and O–H groups in total. The molecule has 1 aliphatic heterocycles. The van der Waals surface area contributed by atoms with Crippen LogP contribution < -0.4 is 0 Å². The highest BCUT2D eigenvalue weighted by molar-refractivity contribution is 6.06. The molecule has 0 spiro atoms. The Morgan fingerprint density at radius 1 is 0.828 bits per heavy atom. The van der Waals surface area contributed by atoms with E-state index in [2.05, 4.69) is 32.6 Å². The van der Waals surface area contributed by atoms with Crippen molar-refractivity contribution < 1.29 is 19.8 Å². The van der Waals surface area contributed by atoms with Gasteiger partial charge in [-0.25, -0.2) is 0 Å². The zero-order chi connectivity index (χ0) is 21.3. The van der Waals surface area contributed by atoms with Gasteiger partial charge < -0.3 is 15.1 Å². The van der Waals surface area contributed by atoms with Crippen molar-refractivity contribution in [1.82, 2.24) is 4.90 Å². The summed E-state index contributed by atoms with van der Waals surface area (Å²) in [5.74, 6) is -0.820. The zero-order valence-electron chi connectivity index (χ0n) is 17.8. The largest absolute Gasteiger partial charge is 0.504 e. The Balaban J connectivity index is 1.98. The van der Waals surface area contributed by atoms with Gasteiger partial charge in [-0.3, -0.25) is 9.59 Å². The van der Waals surface area contributed by atoms with E-state index in [4.69, 9.17) is 0 Å². The number of carbonyl (C=O) groups is 2. The standard InChI is InChI=1S/C24H29NO4/c1-23(2)9-14-21(18(28)11-23)20(13-6-7-16(26)17(27)8-13)22-15(25(14)5)10-24(3,4)12-19(22)29/h6-8,20,26-27H,9-12H2,1-5H3. The van der Waals surface area contributed by atoms with E-state index >= 15 is 0 Å². The normalized spacial score (nSPS) is 24.0. The monoisotopic (exact) mass is 395 g/mol. The van der Waals surface area contributed by atoms with Gasteiger partial charge in [-0.15, -0.1) is 0 Å². The summed E-state index contributed by atoms with van der Waals surface area (Å²) in [6.07, 6.45) is 2.39. The molecule has 0 fully saturated rings. The highest BCUT2D eigenvalue weighted by Crippen LogP contribution is 2.54. The number of allylic oxidation sites excluding steroid dienone is 4. The lowest BCUT2D eigenvalue weighted by Crippen LogP contribution is -2.43. The average Bonchev–Trinajstić information content (AvgIpc) is 2.57. The minimum atomic E-state index is -0.491. The van der Waals surface area contributed by atoms with E-state index < -0.39 is 5.92 Å². The van der Waals surface area contributed by atoms with Crippen molar-refractivity contribution >= 4 is 11.6 Å². The second-order valence-corrected chi connectivity index (χ2v) is 10.3. The molecular weight excluding hydrogens is 366 g/mol. The summed E-state index contributed by atoms with van der Waals surface area (Å²) in [5.41, 5.74) is 3.69. The summed E-state index contributed by atoms with van der Waals surface area (Å²) in [4.78, 5) is 28.7. The second kappa shape index (κ2) is 6.22. The highest BCUT2D eigenvalue weighted by Gasteiger charge is 2.48. The van der Waals surface area contributed by atoms with Crippen molar-refractivity contribution in [3.05, 3.63) is 46.3 Å². The lowest BCUT2D eigenvalue weighted by atomic mass is 9.64.